The summed E-state index contributed by atoms with van der Waals surface area (Å²) in [6.45, 7) is 5.28. The molecule has 4 heteroatoms. The average Bonchev–Trinajstić information content (AvgIpc) is 2.90. The molecule has 0 saturated carbocycles. The van der Waals surface area contributed by atoms with Gasteiger partial charge in [-0.1, -0.05) is 23.7 Å². The molecule has 21 heavy (non-hydrogen) atoms. The smallest absolute Gasteiger partial charge is 0.0628 e. The van der Waals surface area contributed by atoms with Gasteiger partial charge in [-0.05, 0) is 70.0 Å². The van der Waals surface area contributed by atoms with Crippen LogP contribution in [0, 0.1) is 5.92 Å². The summed E-state index contributed by atoms with van der Waals surface area (Å²) in [5.41, 5.74) is 2.49. The summed E-state index contributed by atoms with van der Waals surface area (Å²) in [7, 11) is 2.00. The van der Waals surface area contributed by atoms with E-state index in [0.29, 0.717) is 12.0 Å². The average molecular weight is 306 g/mol. The lowest BCUT2D eigenvalue weighted by atomic mass is 9.95. The molecule has 1 aromatic heterocycles. The molecule has 0 aliphatic heterocycles. The van der Waals surface area contributed by atoms with Crippen LogP contribution in [0.2, 0.25) is 5.02 Å². The van der Waals surface area contributed by atoms with Gasteiger partial charge >= 0.3 is 0 Å². The van der Waals surface area contributed by atoms with E-state index in [0.717, 1.165) is 30.1 Å². The third kappa shape index (κ3) is 4.87. The molecule has 0 radical (unpaired) electrons. The molecule has 1 heterocycles. The molecular weight excluding hydrogens is 282 g/mol. The molecule has 0 spiro atoms. The van der Waals surface area contributed by atoms with Gasteiger partial charge in [-0.3, -0.25) is 4.68 Å². The number of halogens is 1. The highest BCUT2D eigenvalue weighted by Crippen LogP contribution is 2.16. The second-order valence-corrected chi connectivity index (χ2v) is 6.28. The van der Waals surface area contributed by atoms with Gasteiger partial charge in [0.05, 0.1) is 5.69 Å². The van der Waals surface area contributed by atoms with Crippen LogP contribution in [0.15, 0.2) is 36.5 Å². The maximum Gasteiger partial charge on any atom is 0.0628 e. The van der Waals surface area contributed by atoms with E-state index in [1.54, 1.807) is 0 Å². The summed E-state index contributed by atoms with van der Waals surface area (Å²) in [5, 5.41) is 8.74. The van der Waals surface area contributed by atoms with Crippen molar-refractivity contribution >= 4 is 11.6 Å². The highest BCUT2D eigenvalue weighted by Gasteiger charge is 2.12. The Morgan fingerprint density at radius 1 is 1.14 bits per heavy atom. The standard InChI is InChI=1S/C17H24ClN3/c1-13(2)21-9-8-17(20-21)11-15(12-19-3)10-14-4-6-16(18)7-5-14/h4-9,13,15,19H,10-12H2,1-3H3. The molecule has 1 N–H and O–H groups in total. The second kappa shape index (κ2) is 7.62. The van der Waals surface area contributed by atoms with E-state index >= 15 is 0 Å². The number of aromatic nitrogens is 2. The van der Waals surface area contributed by atoms with Crippen molar-refractivity contribution in [1.82, 2.24) is 15.1 Å². The van der Waals surface area contributed by atoms with Gasteiger partial charge < -0.3 is 5.32 Å². The van der Waals surface area contributed by atoms with E-state index in [2.05, 4.69) is 48.7 Å². The Morgan fingerprint density at radius 2 is 1.86 bits per heavy atom. The molecule has 0 saturated heterocycles. The van der Waals surface area contributed by atoms with Crippen LogP contribution in [0.3, 0.4) is 0 Å². The van der Waals surface area contributed by atoms with Gasteiger partial charge in [0.15, 0.2) is 0 Å². The lowest BCUT2D eigenvalue weighted by Crippen LogP contribution is -2.23. The molecule has 114 valence electrons. The first-order valence-corrected chi connectivity index (χ1v) is 7.89. The third-order valence-electron chi connectivity index (χ3n) is 3.62. The van der Waals surface area contributed by atoms with E-state index < -0.39 is 0 Å². The molecule has 0 aliphatic carbocycles. The van der Waals surface area contributed by atoms with Crippen LogP contribution < -0.4 is 5.32 Å². The van der Waals surface area contributed by atoms with E-state index in [-0.39, 0.29) is 0 Å². The zero-order chi connectivity index (χ0) is 15.2. The largest absolute Gasteiger partial charge is 0.319 e. The normalized spacial score (nSPS) is 12.8. The molecule has 3 nitrogen and oxygen atoms in total. The van der Waals surface area contributed by atoms with Crippen molar-refractivity contribution in [3.05, 3.63) is 52.8 Å². The molecule has 0 amide bonds. The zero-order valence-corrected chi connectivity index (χ0v) is 13.8. The molecular formula is C17H24ClN3. The number of hydrogen-bond donors (Lipinski definition) is 1. The molecule has 1 aromatic carbocycles. The van der Waals surface area contributed by atoms with Gasteiger partial charge in [0, 0.05) is 17.3 Å². The summed E-state index contributed by atoms with van der Waals surface area (Å²) in [4.78, 5) is 0. The van der Waals surface area contributed by atoms with E-state index in [4.69, 9.17) is 11.6 Å². The monoisotopic (exact) mass is 305 g/mol. The Kier molecular flexibility index (Phi) is 5.83. The number of benzene rings is 1. The van der Waals surface area contributed by atoms with Crippen molar-refractivity contribution in [2.75, 3.05) is 13.6 Å². The van der Waals surface area contributed by atoms with Crippen LogP contribution in [-0.2, 0) is 12.8 Å². The van der Waals surface area contributed by atoms with Crippen molar-refractivity contribution < 1.29 is 0 Å². The van der Waals surface area contributed by atoms with Crippen molar-refractivity contribution in [3.63, 3.8) is 0 Å². The minimum Gasteiger partial charge on any atom is -0.319 e. The van der Waals surface area contributed by atoms with Gasteiger partial charge in [0.1, 0.15) is 0 Å². The molecule has 0 bridgehead atoms. The maximum atomic E-state index is 5.95. The van der Waals surface area contributed by atoms with Gasteiger partial charge in [-0.2, -0.15) is 5.10 Å². The first kappa shape index (κ1) is 16.1. The van der Waals surface area contributed by atoms with Crippen LogP contribution in [0.25, 0.3) is 0 Å². The van der Waals surface area contributed by atoms with Crippen molar-refractivity contribution in [3.8, 4) is 0 Å². The summed E-state index contributed by atoms with van der Waals surface area (Å²) >= 11 is 5.95. The van der Waals surface area contributed by atoms with Crippen molar-refractivity contribution in [2.24, 2.45) is 5.92 Å². The fourth-order valence-electron chi connectivity index (χ4n) is 2.53. The van der Waals surface area contributed by atoms with Crippen LogP contribution in [0.5, 0.6) is 0 Å². The van der Waals surface area contributed by atoms with Crippen LogP contribution in [-0.4, -0.2) is 23.4 Å². The molecule has 1 atom stereocenters. The fourth-order valence-corrected chi connectivity index (χ4v) is 2.65. The molecule has 0 fully saturated rings. The summed E-state index contributed by atoms with van der Waals surface area (Å²) in [5.74, 6) is 0.534. The first-order valence-electron chi connectivity index (χ1n) is 7.51. The number of rotatable bonds is 7. The third-order valence-corrected chi connectivity index (χ3v) is 3.87. The molecule has 2 rings (SSSR count). The summed E-state index contributed by atoms with van der Waals surface area (Å²) < 4.78 is 2.02. The van der Waals surface area contributed by atoms with Crippen LogP contribution in [0.4, 0.5) is 0 Å². The summed E-state index contributed by atoms with van der Waals surface area (Å²) in [6, 6.07) is 10.7. The van der Waals surface area contributed by atoms with Gasteiger partial charge in [0.2, 0.25) is 0 Å². The number of nitrogens with one attached hydrogen (secondary N) is 1. The maximum absolute atomic E-state index is 5.95. The highest BCUT2D eigenvalue weighted by molar-refractivity contribution is 6.30. The molecule has 2 aromatic rings. The summed E-state index contributed by atoms with van der Waals surface area (Å²) in [6.07, 6.45) is 4.09. The predicted molar refractivity (Wildman–Crippen MR) is 88.9 cm³/mol. The predicted octanol–water partition coefficient (Wildman–Crippen LogP) is 3.74. The Bertz CT molecular complexity index is 545. The minimum absolute atomic E-state index is 0.415. The Hall–Kier alpha value is -1.32. The van der Waals surface area contributed by atoms with Gasteiger partial charge in [0.25, 0.3) is 0 Å². The lowest BCUT2D eigenvalue weighted by Gasteiger charge is -2.15. The Morgan fingerprint density at radius 3 is 2.43 bits per heavy atom. The second-order valence-electron chi connectivity index (χ2n) is 5.84. The van der Waals surface area contributed by atoms with E-state index in [1.165, 1.54) is 5.56 Å². The quantitative estimate of drug-likeness (QED) is 0.844. The van der Waals surface area contributed by atoms with E-state index in [9.17, 15) is 0 Å². The minimum atomic E-state index is 0.415. The number of hydrogen-bond acceptors (Lipinski definition) is 2. The van der Waals surface area contributed by atoms with Crippen molar-refractivity contribution in [1.29, 1.82) is 0 Å². The fraction of sp³-hybridized carbons (Fsp3) is 0.471. The highest BCUT2D eigenvalue weighted by atomic mass is 35.5. The van der Waals surface area contributed by atoms with Crippen LogP contribution in [0.1, 0.15) is 31.1 Å². The number of nitrogens with zero attached hydrogens (tertiary/aromatic N) is 2. The first-order chi connectivity index (χ1) is 10.1. The van der Waals surface area contributed by atoms with Gasteiger partial charge in [-0.15, -0.1) is 0 Å². The van der Waals surface area contributed by atoms with Gasteiger partial charge in [-0.25, -0.2) is 0 Å². The topological polar surface area (TPSA) is 29.9 Å². The SMILES string of the molecule is CNCC(Cc1ccc(Cl)cc1)Cc1ccn(C(C)C)n1. The lowest BCUT2D eigenvalue weighted by molar-refractivity contribution is 0.474. The zero-order valence-electron chi connectivity index (χ0n) is 13.0. The molecule has 1 unspecified atom stereocenters. The van der Waals surface area contributed by atoms with Crippen molar-refractivity contribution in [2.45, 2.75) is 32.7 Å². The van der Waals surface area contributed by atoms with E-state index in [1.807, 2.05) is 23.9 Å². The van der Waals surface area contributed by atoms with Crippen LogP contribution >= 0.6 is 11.6 Å². The Labute approximate surface area is 132 Å². The Balaban J connectivity index is 2.02. The molecule has 0 aliphatic rings.